The Bertz CT molecular complexity index is 1310. The molecule has 33 heavy (non-hydrogen) atoms. The summed E-state index contributed by atoms with van der Waals surface area (Å²) in [6.07, 6.45) is 1.41. The van der Waals surface area contributed by atoms with Crippen LogP contribution in [-0.2, 0) is 14.8 Å². The first kappa shape index (κ1) is 22.3. The SMILES string of the molecule is CC(C)[C@H](N=C1NS(=O)(=O)c2ccccc21)C(=O)Nc1ccc(NC(=O)c2ccco2)cc1. The maximum absolute atomic E-state index is 13.0. The van der Waals surface area contributed by atoms with E-state index >= 15 is 0 Å². The fourth-order valence-corrected chi connectivity index (χ4v) is 4.57. The highest BCUT2D eigenvalue weighted by Gasteiger charge is 2.32. The zero-order valence-corrected chi connectivity index (χ0v) is 18.7. The van der Waals surface area contributed by atoms with Crippen LogP contribution in [0.5, 0.6) is 0 Å². The minimum atomic E-state index is -3.70. The molecular weight excluding hydrogens is 444 g/mol. The Morgan fingerprint density at radius 3 is 2.24 bits per heavy atom. The lowest BCUT2D eigenvalue weighted by Crippen LogP contribution is -2.34. The van der Waals surface area contributed by atoms with E-state index in [-0.39, 0.29) is 34.2 Å². The topological polar surface area (TPSA) is 130 Å². The summed E-state index contributed by atoms with van der Waals surface area (Å²) >= 11 is 0. The Kier molecular flexibility index (Phi) is 6.01. The van der Waals surface area contributed by atoms with Crippen molar-refractivity contribution in [3.8, 4) is 0 Å². The van der Waals surface area contributed by atoms with Gasteiger partial charge in [0.2, 0.25) is 5.91 Å². The molecule has 0 saturated carbocycles. The number of amides is 2. The van der Waals surface area contributed by atoms with Crippen molar-refractivity contribution in [3.05, 3.63) is 78.3 Å². The Morgan fingerprint density at radius 1 is 0.939 bits per heavy atom. The number of hydrogen-bond donors (Lipinski definition) is 3. The first-order valence-electron chi connectivity index (χ1n) is 10.2. The minimum absolute atomic E-state index is 0.138. The second kappa shape index (κ2) is 8.91. The van der Waals surface area contributed by atoms with Gasteiger partial charge in [-0.2, -0.15) is 0 Å². The van der Waals surface area contributed by atoms with Crippen LogP contribution in [0.1, 0.15) is 30.0 Å². The van der Waals surface area contributed by atoms with Crippen LogP contribution in [-0.4, -0.2) is 32.1 Å². The monoisotopic (exact) mass is 466 g/mol. The molecule has 0 spiro atoms. The van der Waals surface area contributed by atoms with Crippen molar-refractivity contribution in [1.82, 2.24) is 4.72 Å². The number of hydrogen-bond acceptors (Lipinski definition) is 6. The molecule has 0 aliphatic carbocycles. The molecule has 1 aromatic heterocycles. The van der Waals surface area contributed by atoms with Crippen molar-refractivity contribution in [2.45, 2.75) is 24.8 Å². The van der Waals surface area contributed by atoms with E-state index in [1.54, 1.807) is 54.6 Å². The number of fused-ring (bicyclic) bond motifs is 1. The Morgan fingerprint density at radius 2 is 1.61 bits per heavy atom. The van der Waals surface area contributed by atoms with Gasteiger partial charge in [0.25, 0.3) is 15.9 Å². The summed E-state index contributed by atoms with van der Waals surface area (Å²) in [7, 11) is -3.70. The van der Waals surface area contributed by atoms with Gasteiger partial charge in [0.05, 0.1) is 11.2 Å². The molecule has 4 rings (SSSR count). The standard InChI is InChI=1S/C23H22N4O5S/c1-14(2)20(26-21-17-6-3-4-8-19(17)33(30,31)27-21)23(29)25-16-11-9-15(10-12-16)24-22(28)18-7-5-13-32-18/h3-14,20H,1-2H3,(H,24,28)(H,25,29)(H,26,27)/t20-/m0/s1. The van der Waals surface area contributed by atoms with Crippen LogP contribution in [0.3, 0.4) is 0 Å². The van der Waals surface area contributed by atoms with E-state index in [1.165, 1.54) is 12.3 Å². The van der Waals surface area contributed by atoms with Crippen LogP contribution in [0.4, 0.5) is 11.4 Å². The molecule has 170 valence electrons. The van der Waals surface area contributed by atoms with Gasteiger partial charge in [-0.3, -0.25) is 19.3 Å². The average molecular weight is 467 g/mol. The van der Waals surface area contributed by atoms with E-state index in [1.807, 2.05) is 13.8 Å². The number of carbonyl (C=O) groups is 2. The number of aliphatic imine (C=N–C) groups is 1. The van der Waals surface area contributed by atoms with E-state index in [0.717, 1.165) is 0 Å². The van der Waals surface area contributed by atoms with E-state index in [4.69, 9.17) is 4.42 Å². The third-order valence-electron chi connectivity index (χ3n) is 4.99. The number of rotatable bonds is 6. The summed E-state index contributed by atoms with van der Waals surface area (Å²) in [6, 6.07) is 15.4. The van der Waals surface area contributed by atoms with Gasteiger partial charge in [-0.1, -0.05) is 26.0 Å². The van der Waals surface area contributed by atoms with E-state index in [0.29, 0.717) is 16.9 Å². The summed E-state index contributed by atoms with van der Waals surface area (Å²) in [5.41, 5.74) is 1.48. The Hall–Kier alpha value is -3.92. The fourth-order valence-electron chi connectivity index (χ4n) is 3.33. The average Bonchev–Trinajstić information content (AvgIpc) is 3.40. The van der Waals surface area contributed by atoms with Crippen LogP contribution >= 0.6 is 0 Å². The van der Waals surface area contributed by atoms with Gasteiger partial charge in [-0.25, -0.2) is 8.42 Å². The van der Waals surface area contributed by atoms with Gasteiger partial charge in [-0.15, -0.1) is 0 Å². The number of furan rings is 1. The number of anilines is 2. The molecule has 3 N–H and O–H groups in total. The van der Waals surface area contributed by atoms with Crippen LogP contribution in [0.2, 0.25) is 0 Å². The van der Waals surface area contributed by atoms with Crippen molar-refractivity contribution < 1.29 is 22.4 Å². The van der Waals surface area contributed by atoms with Crippen LogP contribution in [0, 0.1) is 5.92 Å². The first-order chi connectivity index (χ1) is 15.7. The predicted molar refractivity (Wildman–Crippen MR) is 124 cm³/mol. The number of benzene rings is 2. The molecule has 2 amide bonds. The van der Waals surface area contributed by atoms with Gasteiger partial charge in [-0.05, 0) is 54.4 Å². The highest BCUT2D eigenvalue weighted by molar-refractivity contribution is 7.90. The lowest BCUT2D eigenvalue weighted by Gasteiger charge is -2.17. The molecule has 0 bridgehead atoms. The van der Waals surface area contributed by atoms with Crippen LogP contribution in [0.15, 0.2) is 81.2 Å². The van der Waals surface area contributed by atoms with Gasteiger partial charge >= 0.3 is 0 Å². The molecule has 0 radical (unpaired) electrons. The largest absolute Gasteiger partial charge is 0.459 e. The van der Waals surface area contributed by atoms with Crippen LogP contribution in [0.25, 0.3) is 0 Å². The number of nitrogens with zero attached hydrogens (tertiary/aromatic N) is 1. The lowest BCUT2D eigenvalue weighted by atomic mass is 10.0. The van der Waals surface area contributed by atoms with Crippen molar-refractivity contribution in [2.75, 3.05) is 10.6 Å². The number of nitrogens with one attached hydrogen (secondary N) is 3. The third kappa shape index (κ3) is 4.80. The summed E-state index contributed by atoms with van der Waals surface area (Å²) in [6.45, 7) is 3.66. The quantitative estimate of drug-likeness (QED) is 0.514. The number of sulfonamides is 1. The molecule has 10 heteroatoms. The summed E-state index contributed by atoms with van der Waals surface area (Å²) < 4.78 is 32.2. The normalized spacial score (nSPS) is 16.2. The van der Waals surface area contributed by atoms with Gasteiger partial charge in [0.1, 0.15) is 11.9 Å². The van der Waals surface area contributed by atoms with E-state index in [9.17, 15) is 18.0 Å². The van der Waals surface area contributed by atoms with Crippen LogP contribution < -0.4 is 15.4 Å². The van der Waals surface area contributed by atoms with E-state index < -0.39 is 16.1 Å². The maximum Gasteiger partial charge on any atom is 0.291 e. The number of carbonyl (C=O) groups excluding carboxylic acids is 2. The van der Waals surface area contributed by atoms with Gasteiger partial charge < -0.3 is 15.1 Å². The molecule has 3 aromatic rings. The minimum Gasteiger partial charge on any atom is -0.459 e. The van der Waals surface area contributed by atoms with Crippen molar-refractivity contribution in [2.24, 2.45) is 10.9 Å². The molecule has 1 atom stereocenters. The molecule has 9 nitrogen and oxygen atoms in total. The Balaban J connectivity index is 1.48. The Labute approximate surface area is 191 Å². The molecule has 0 saturated heterocycles. The molecule has 0 fully saturated rings. The molecule has 1 aliphatic rings. The molecule has 1 aliphatic heterocycles. The highest BCUT2D eigenvalue weighted by Crippen LogP contribution is 2.24. The summed E-state index contributed by atoms with van der Waals surface area (Å²) in [5.74, 6) is -0.618. The zero-order valence-electron chi connectivity index (χ0n) is 17.9. The zero-order chi connectivity index (χ0) is 23.6. The van der Waals surface area contributed by atoms with Crippen molar-refractivity contribution in [3.63, 3.8) is 0 Å². The lowest BCUT2D eigenvalue weighted by molar-refractivity contribution is -0.118. The van der Waals surface area contributed by atoms with E-state index in [2.05, 4.69) is 20.3 Å². The summed E-state index contributed by atoms with van der Waals surface area (Å²) in [5, 5.41) is 5.49. The molecule has 0 unspecified atom stereocenters. The highest BCUT2D eigenvalue weighted by atomic mass is 32.2. The molecule has 2 heterocycles. The van der Waals surface area contributed by atoms with Gasteiger partial charge in [0.15, 0.2) is 5.76 Å². The molecular formula is C23H22N4O5S. The third-order valence-corrected chi connectivity index (χ3v) is 6.38. The summed E-state index contributed by atoms with van der Waals surface area (Å²) in [4.78, 5) is 29.6. The van der Waals surface area contributed by atoms with Crippen molar-refractivity contribution in [1.29, 1.82) is 0 Å². The second-order valence-corrected chi connectivity index (χ2v) is 9.42. The first-order valence-corrected chi connectivity index (χ1v) is 11.7. The fraction of sp³-hybridized carbons (Fsp3) is 0.174. The molecule has 2 aromatic carbocycles. The second-order valence-electron chi connectivity index (χ2n) is 7.77. The van der Waals surface area contributed by atoms with Crippen molar-refractivity contribution >= 4 is 39.0 Å². The predicted octanol–water partition coefficient (Wildman–Crippen LogP) is 3.23. The number of amidine groups is 1. The smallest absolute Gasteiger partial charge is 0.291 e. The van der Waals surface area contributed by atoms with Gasteiger partial charge in [0, 0.05) is 16.9 Å². The maximum atomic E-state index is 13.0.